The molecule has 1 spiro atoms. The summed E-state index contributed by atoms with van der Waals surface area (Å²) in [6.45, 7) is 0.570. The number of halogens is 2. The molecular formula is C23H20F2N4OS. The molecule has 2 heterocycles. The van der Waals surface area contributed by atoms with Crippen LogP contribution in [0.2, 0.25) is 0 Å². The lowest BCUT2D eigenvalue weighted by molar-refractivity contribution is -0.123. The maximum atomic E-state index is 14.0. The number of rotatable bonds is 6. The van der Waals surface area contributed by atoms with Gasteiger partial charge in [-0.25, -0.2) is 8.78 Å². The van der Waals surface area contributed by atoms with Crippen LogP contribution in [0.25, 0.3) is 0 Å². The van der Waals surface area contributed by atoms with Gasteiger partial charge in [0.2, 0.25) is 5.91 Å². The van der Waals surface area contributed by atoms with Crippen LogP contribution >= 0.6 is 11.9 Å². The van der Waals surface area contributed by atoms with Crippen LogP contribution in [0.3, 0.4) is 0 Å². The molecule has 0 atom stereocenters. The summed E-state index contributed by atoms with van der Waals surface area (Å²) in [5.74, 6) is -1.20. The maximum absolute atomic E-state index is 14.0. The summed E-state index contributed by atoms with van der Waals surface area (Å²) in [7, 11) is 0. The number of hydrogen-bond donors (Lipinski definition) is 3. The lowest BCUT2D eigenvalue weighted by Crippen LogP contribution is -2.40. The smallest absolute Gasteiger partial charge is 0.235 e. The predicted molar refractivity (Wildman–Crippen MR) is 118 cm³/mol. The average molecular weight is 439 g/mol. The van der Waals surface area contributed by atoms with Crippen LogP contribution in [0.1, 0.15) is 30.4 Å². The standard InChI is InChI=1S/C23H20F2N4OS/c24-15-2-3-20(18(25)10-15)31-29-16-11-17-21(28-22(30)23(17)6-1-7-23)19(12-16)27-13-14-4-8-26-9-5-14/h2-5,8-12,27,29H,1,6-7,13H2,(H,28,30). The molecule has 0 unspecified atom stereocenters. The highest BCUT2D eigenvalue weighted by molar-refractivity contribution is 8.00. The van der Waals surface area contributed by atoms with Gasteiger partial charge in [-0.3, -0.25) is 9.78 Å². The van der Waals surface area contributed by atoms with E-state index in [9.17, 15) is 13.6 Å². The minimum atomic E-state index is -0.623. The number of benzene rings is 2. The Labute approximate surface area is 182 Å². The van der Waals surface area contributed by atoms with Crippen LogP contribution in [-0.4, -0.2) is 10.9 Å². The molecule has 1 fully saturated rings. The summed E-state index contributed by atoms with van der Waals surface area (Å²) < 4.78 is 30.4. The first-order chi connectivity index (χ1) is 15.0. The van der Waals surface area contributed by atoms with Crippen LogP contribution in [0.15, 0.2) is 59.8 Å². The fourth-order valence-electron chi connectivity index (χ4n) is 4.10. The molecule has 0 radical (unpaired) electrons. The second-order valence-electron chi connectivity index (χ2n) is 7.82. The van der Waals surface area contributed by atoms with Gasteiger partial charge in [0.1, 0.15) is 11.6 Å². The van der Waals surface area contributed by atoms with E-state index in [1.54, 1.807) is 12.4 Å². The third-order valence-electron chi connectivity index (χ3n) is 5.94. The van der Waals surface area contributed by atoms with Crippen molar-refractivity contribution in [2.24, 2.45) is 0 Å². The first-order valence-electron chi connectivity index (χ1n) is 10.1. The van der Waals surface area contributed by atoms with E-state index in [0.717, 1.165) is 65.5 Å². The number of carbonyl (C=O) groups excluding carboxylic acids is 1. The Kier molecular flexibility index (Phi) is 5.02. The van der Waals surface area contributed by atoms with Gasteiger partial charge in [-0.2, -0.15) is 0 Å². The van der Waals surface area contributed by atoms with Gasteiger partial charge in [0.25, 0.3) is 0 Å². The van der Waals surface area contributed by atoms with E-state index in [4.69, 9.17) is 0 Å². The molecule has 1 amide bonds. The summed E-state index contributed by atoms with van der Waals surface area (Å²) in [4.78, 5) is 17.1. The molecule has 8 heteroatoms. The molecule has 1 aromatic heterocycles. The van der Waals surface area contributed by atoms with E-state index in [0.29, 0.717) is 11.4 Å². The third kappa shape index (κ3) is 3.61. The number of pyridine rings is 1. The summed E-state index contributed by atoms with van der Waals surface area (Å²) in [5.41, 5.74) is 3.90. The highest BCUT2D eigenvalue weighted by Gasteiger charge is 2.51. The minimum absolute atomic E-state index is 0.0371. The number of carbonyl (C=O) groups is 1. The molecule has 5 nitrogen and oxygen atoms in total. The first kappa shape index (κ1) is 19.8. The molecule has 1 aliphatic heterocycles. The zero-order valence-electron chi connectivity index (χ0n) is 16.5. The van der Waals surface area contributed by atoms with Gasteiger partial charge in [0.05, 0.1) is 21.7 Å². The number of fused-ring (bicyclic) bond motifs is 2. The Morgan fingerprint density at radius 3 is 2.61 bits per heavy atom. The fraction of sp³-hybridized carbons (Fsp3) is 0.217. The molecule has 0 bridgehead atoms. The number of nitrogens with one attached hydrogen (secondary N) is 3. The summed E-state index contributed by atoms with van der Waals surface area (Å²) in [6.07, 6.45) is 6.12. The second-order valence-corrected chi connectivity index (χ2v) is 8.67. The second kappa shape index (κ2) is 7.85. The highest BCUT2D eigenvalue weighted by atomic mass is 32.2. The summed E-state index contributed by atoms with van der Waals surface area (Å²) in [5, 5.41) is 6.47. The Morgan fingerprint density at radius 2 is 1.90 bits per heavy atom. The van der Waals surface area contributed by atoms with Crippen LogP contribution in [0.4, 0.5) is 25.8 Å². The van der Waals surface area contributed by atoms with E-state index < -0.39 is 17.0 Å². The summed E-state index contributed by atoms with van der Waals surface area (Å²) >= 11 is 1.07. The molecule has 3 aromatic rings. The van der Waals surface area contributed by atoms with Gasteiger partial charge in [-0.15, -0.1) is 0 Å². The molecule has 5 rings (SSSR count). The Balaban J connectivity index is 1.45. The normalized spacial score (nSPS) is 15.9. The van der Waals surface area contributed by atoms with Gasteiger partial charge >= 0.3 is 0 Å². The van der Waals surface area contributed by atoms with Crippen molar-refractivity contribution in [1.29, 1.82) is 0 Å². The van der Waals surface area contributed by atoms with Gasteiger partial charge in [0, 0.05) is 30.7 Å². The van der Waals surface area contributed by atoms with Crippen molar-refractivity contribution in [3.63, 3.8) is 0 Å². The average Bonchev–Trinajstić information content (AvgIpc) is 3.04. The Hall–Kier alpha value is -3.13. The first-order valence-corrected chi connectivity index (χ1v) is 10.9. The van der Waals surface area contributed by atoms with Crippen LogP contribution in [-0.2, 0) is 16.8 Å². The number of amides is 1. The van der Waals surface area contributed by atoms with E-state index in [-0.39, 0.29) is 5.91 Å². The molecule has 31 heavy (non-hydrogen) atoms. The van der Waals surface area contributed by atoms with Crippen molar-refractivity contribution in [3.05, 3.63) is 77.6 Å². The molecule has 2 aromatic carbocycles. The quantitative estimate of drug-likeness (QED) is 0.446. The van der Waals surface area contributed by atoms with E-state index in [2.05, 4.69) is 20.3 Å². The molecule has 158 valence electrons. The van der Waals surface area contributed by atoms with Crippen LogP contribution in [0.5, 0.6) is 0 Å². The van der Waals surface area contributed by atoms with Gasteiger partial charge in [-0.1, -0.05) is 6.42 Å². The number of nitrogens with zero attached hydrogens (tertiary/aromatic N) is 1. The zero-order valence-corrected chi connectivity index (χ0v) is 17.4. The monoisotopic (exact) mass is 438 g/mol. The van der Waals surface area contributed by atoms with Crippen molar-refractivity contribution >= 4 is 34.9 Å². The Bertz CT molecular complexity index is 1150. The molecule has 1 saturated carbocycles. The fourth-order valence-corrected chi connectivity index (χ4v) is 4.74. The largest absolute Gasteiger partial charge is 0.379 e. The van der Waals surface area contributed by atoms with Crippen molar-refractivity contribution in [1.82, 2.24) is 4.98 Å². The molecule has 2 aliphatic rings. The van der Waals surface area contributed by atoms with Crippen molar-refractivity contribution < 1.29 is 13.6 Å². The highest BCUT2D eigenvalue weighted by Crippen LogP contribution is 2.54. The lowest BCUT2D eigenvalue weighted by atomic mass is 9.65. The minimum Gasteiger partial charge on any atom is -0.379 e. The molecule has 0 saturated heterocycles. The van der Waals surface area contributed by atoms with Crippen LogP contribution < -0.4 is 15.4 Å². The number of aromatic nitrogens is 1. The number of anilines is 3. The van der Waals surface area contributed by atoms with E-state index >= 15 is 0 Å². The lowest BCUT2D eigenvalue weighted by Gasteiger charge is -2.36. The molecule has 3 N–H and O–H groups in total. The Morgan fingerprint density at radius 1 is 1.10 bits per heavy atom. The number of hydrogen-bond acceptors (Lipinski definition) is 5. The van der Waals surface area contributed by atoms with Crippen molar-refractivity contribution in [2.75, 3.05) is 15.4 Å². The van der Waals surface area contributed by atoms with E-state index in [1.807, 2.05) is 24.3 Å². The van der Waals surface area contributed by atoms with Crippen LogP contribution in [0, 0.1) is 11.6 Å². The third-order valence-corrected chi connectivity index (χ3v) is 6.83. The summed E-state index contributed by atoms with van der Waals surface area (Å²) in [6, 6.07) is 11.2. The maximum Gasteiger partial charge on any atom is 0.235 e. The molecule has 1 aliphatic carbocycles. The zero-order chi connectivity index (χ0) is 21.4. The molecular weight excluding hydrogens is 418 g/mol. The predicted octanol–water partition coefficient (Wildman–Crippen LogP) is 5.46. The van der Waals surface area contributed by atoms with Crippen molar-refractivity contribution in [3.8, 4) is 0 Å². The topological polar surface area (TPSA) is 66.0 Å². The van der Waals surface area contributed by atoms with Gasteiger partial charge < -0.3 is 15.4 Å². The van der Waals surface area contributed by atoms with Gasteiger partial charge in [0.15, 0.2) is 0 Å². The SMILES string of the molecule is O=C1Nc2c(NCc3ccncc3)cc(NSc3ccc(F)cc3F)cc2C12CCC2. The van der Waals surface area contributed by atoms with Crippen molar-refractivity contribution in [2.45, 2.75) is 36.1 Å². The van der Waals surface area contributed by atoms with Gasteiger partial charge in [-0.05, 0) is 72.3 Å². The van der Waals surface area contributed by atoms with E-state index in [1.165, 1.54) is 12.1 Å².